The van der Waals surface area contributed by atoms with E-state index < -0.39 is 0 Å². The van der Waals surface area contributed by atoms with Crippen molar-refractivity contribution in [2.45, 2.75) is 19.3 Å². The summed E-state index contributed by atoms with van der Waals surface area (Å²) >= 11 is 0. The fraction of sp³-hybridized carbons (Fsp3) is 0.0219. The van der Waals surface area contributed by atoms with Gasteiger partial charge in [0.1, 0.15) is 0 Å². The molecule has 0 aliphatic heterocycles. The Morgan fingerprint density at radius 3 is 0.783 bits per heavy atom. The second-order valence-electron chi connectivity index (χ2n) is 37.9. The normalized spacial score (nSPS) is 12.0. The number of fused-ring (bicyclic) bond motifs is 17. The second kappa shape index (κ2) is 35.7. The number of benzene rings is 24. The molecule has 3 heterocycles. The molecule has 24 aromatic carbocycles. The van der Waals surface area contributed by atoms with Gasteiger partial charge in [0.15, 0.2) is 0 Å². The lowest BCUT2D eigenvalue weighted by atomic mass is 9.82. The lowest BCUT2D eigenvalue weighted by molar-refractivity contribution is 0.660. The second-order valence-corrected chi connectivity index (χ2v) is 37.9. The van der Waals surface area contributed by atoms with Gasteiger partial charge in [-0.1, -0.05) is 396 Å². The summed E-state index contributed by atoms with van der Waals surface area (Å²) in [5.41, 5.74) is 33.4. The van der Waals surface area contributed by atoms with E-state index in [-0.39, 0.29) is 5.41 Å². The van der Waals surface area contributed by atoms with E-state index in [4.69, 9.17) is 0 Å². The summed E-state index contributed by atoms with van der Waals surface area (Å²) in [6.07, 6.45) is 0. The lowest BCUT2D eigenvalue weighted by Gasteiger charge is -2.29. The number of aromatic nitrogens is 3. The average molecular weight is 1830 g/mol. The zero-order chi connectivity index (χ0) is 95.0. The van der Waals surface area contributed by atoms with Crippen LogP contribution in [0, 0.1) is 0 Å². The van der Waals surface area contributed by atoms with Crippen LogP contribution in [-0.4, -0.2) is 13.7 Å². The van der Waals surface area contributed by atoms with E-state index >= 15 is 0 Å². The van der Waals surface area contributed by atoms with Crippen molar-refractivity contribution in [3.63, 3.8) is 0 Å². The van der Waals surface area contributed by atoms with Gasteiger partial charge in [0.05, 0.1) is 50.2 Å². The molecule has 0 bridgehead atoms. The van der Waals surface area contributed by atoms with Gasteiger partial charge in [-0.3, -0.25) is 0 Å². The van der Waals surface area contributed by atoms with Gasteiger partial charge >= 0.3 is 0 Å². The summed E-state index contributed by atoms with van der Waals surface area (Å²) in [6, 6.07) is 198. The van der Waals surface area contributed by atoms with Gasteiger partial charge in [0.25, 0.3) is 0 Å². The Balaban J connectivity index is 0.000000110. The molecule has 0 saturated carbocycles. The third-order valence-electron chi connectivity index (χ3n) is 29.2. The third-order valence-corrected chi connectivity index (χ3v) is 29.2. The smallest absolute Gasteiger partial charge is 0.0541 e. The van der Waals surface area contributed by atoms with Crippen LogP contribution in [0.25, 0.3) is 181 Å². The van der Waals surface area contributed by atoms with Crippen LogP contribution in [0.3, 0.4) is 0 Å². The molecule has 28 rings (SSSR count). The van der Waals surface area contributed by atoms with Gasteiger partial charge in [-0.05, 0) is 257 Å². The Bertz CT molecular complexity index is 9330. The number of hydrogen-bond acceptors (Lipinski definition) is 3. The molecular weight excluding hydrogens is 1730 g/mol. The summed E-state index contributed by atoms with van der Waals surface area (Å²) < 4.78 is 7.16. The van der Waals surface area contributed by atoms with Crippen molar-refractivity contribution in [1.82, 2.24) is 13.7 Å². The first-order chi connectivity index (χ1) is 70.7. The van der Waals surface area contributed by atoms with Crippen LogP contribution in [0.5, 0.6) is 0 Å². The van der Waals surface area contributed by atoms with Crippen LogP contribution in [-0.2, 0) is 5.41 Å². The first-order valence-electron chi connectivity index (χ1n) is 49.3. The van der Waals surface area contributed by atoms with Crippen LogP contribution in [0.4, 0.5) is 51.2 Å². The van der Waals surface area contributed by atoms with Gasteiger partial charge in [-0.15, -0.1) is 0 Å². The summed E-state index contributed by atoms with van der Waals surface area (Å²) in [7, 11) is 0. The number of para-hydroxylation sites is 6. The van der Waals surface area contributed by atoms with Crippen LogP contribution in [0.1, 0.15) is 25.0 Å². The molecule has 0 atom stereocenters. The fourth-order valence-corrected chi connectivity index (χ4v) is 22.5. The predicted molar refractivity (Wildman–Crippen MR) is 608 cm³/mol. The predicted octanol–water partition coefficient (Wildman–Crippen LogP) is 37.8. The maximum atomic E-state index is 2.45. The zero-order valence-electron chi connectivity index (χ0n) is 79.1. The third kappa shape index (κ3) is 15.2. The van der Waals surface area contributed by atoms with E-state index in [1.165, 1.54) is 175 Å². The van der Waals surface area contributed by atoms with Crippen LogP contribution in [0.2, 0.25) is 0 Å². The van der Waals surface area contributed by atoms with Crippen molar-refractivity contribution in [3.05, 3.63) is 557 Å². The molecule has 0 amide bonds. The summed E-state index contributed by atoms with van der Waals surface area (Å²) in [5.74, 6) is 0. The minimum absolute atomic E-state index is 0.0958. The van der Waals surface area contributed by atoms with Gasteiger partial charge in [-0.2, -0.15) is 0 Å². The number of nitrogens with zero attached hydrogens (tertiary/aromatic N) is 6. The molecule has 6 heteroatoms. The number of rotatable bonds is 15. The minimum atomic E-state index is -0.0958. The van der Waals surface area contributed by atoms with Crippen molar-refractivity contribution in [2.24, 2.45) is 0 Å². The van der Waals surface area contributed by atoms with Crippen molar-refractivity contribution in [1.29, 1.82) is 0 Å². The quantitative estimate of drug-likeness (QED) is 0.102. The molecule has 3 aromatic heterocycles. The first kappa shape index (κ1) is 84.9. The zero-order valence-corrected chi connectivity index (χ0v) is 79.1. The maximum absolute atomic E-state index is 2.45. The van der Waals surface area contributed by atoms with Crippen molar-refractivity contribution >= 4 is 170 Å². The highest BCUT2D eigenvalue weighted by Gasteiger charge is 2.36. The van der Waals surface area contributed by atoms with E-state index in [1.807, 2.05) is 0 Å². The Labute approximate surface area is 830 Å². The monoisotopic (exact) mass is 1820 g/mol. The molecule has 0 unspecified atom stereocenters. The molecule has 0 radical (unpaired) electrons. The van der Waals surface area contributed by atoms with Gasteiger partial charge < -0.3 is 28.4 Å². The summed E-state index contributed by atoms with van der Waals surface area (Å²) in [4.78, 5) is 7.24. The highest BCUT2D eigenvalue weighted by atomic mass is 15.2. The fourth-order valence-electron chi connectivity index (χ4n) is 22.5. The van der Waals surface area contributed by atoms with E-state index in [0.717, 1.165) is 68.2 Å². The standard InChI is InChI=1S/C49H36N2.2C44H30N2/c1-49(2)44-24-8-5-21-40(44)41-29-28-38(32-45(41)49)50(46-27-13-15-33-14-3-4-20-39(33)46)36-18-11-16-34(30-36)35-17-12-19-37(31-35)51-47-25-9-6-22-42(47)43-23-7-10-26-48(43)51;1-3-21-37-31(13-1)15-11-27-41(37)45(42-28-12-16-32-14-2-4-22-38(32)42)35-19-9-17-33(29-35)34-18-10-20-36(30-34)46-43-25-7-5-23-39(43)40-24-6-8-26-44(40)46;1-3-13-33-27-39(25-23-31(33)11-1)45(40-26-24-32-12-2-4-14-34(32)28-40)37-17-9-15-35(29-37)36-16-10-18-38(30-36)46-43-21-7-5-19-41(43)42-20-6-8-22-44(42)46/h3-32H,1-2H3;2*1-30H. The SMILES string of the molecule is CC1(C)c2ccccc2-c2ccc(N(c3cccc(-c4cccc(-n5c6ccccc6c6ccccc65)c4)c3)c3cccc4ccccc34)cc21.c1cc(-c2cccc(-n3c4ccccc4c4ccccc43)c2)cc(N(c2ccc3ccccc3c2)c2ccc3ccccc3c2)c1.c1cc(-c2cccc(-n3c4ccccc4c4ccccc43)c2)cc(N(c2cccc3ccccc23)c2cccc3ccccc23)c1. The van der Waals surface area contributed by atoms with Crippen molar-refractivity contribution < 1.29 is 0 Å². The lowest BCUT2D eigenvalue weighted by Crippen LogP contribution is -2.16. The summed E-state index contributed by atoms with van der Waals surface area (Å²) in [5, 5.41) is 19.9. The minimum Gasteiger partial charge on any atom is -0.310 e. The maximum Gasteiger partial charge on any atom is 0.0541 e. The van der Waals surface area contributed by atoms with Gasteiger partial charge in [-0.25, -0.2) is 0 Å². The van der Waals surface area contributed by atoms with E-state index in [1.54, 1.807) is 0 Å². The molecular formula is C137H96N6. The summed E-state index contributed by atoms with van der Waals surface area (Å²) in [6.45, 7) is 4.71. The Hall–Kier alpha value is -18.6. The van der Waals surface area contributed by atoms with Gasteiger partial charge in [0.2, 0.25) is 0 Å². The number of hydrogen-bond donors (Lipinski definition) is 0. The molecule has 0 N–H and O–H groups in total. The van der Waals surface area contributed by atoms with Crippen molar-refractivity contribution in [2.75, 3.05) is 14.7 Å². The van der Waals surface area contributed by atoms with Gasteiger partial charge in [0, 0.05) is 105 Å². The number of anilines is 9. The van der Waals surface area contributed by atoms with E-state index in [2.05, 4.69) is 588 Å². The largest absolute Gasteiger partial charge is 0.310 e. The molecule has 674 valence electrons. The highest BCUT2D eigenvalue weighted by molar-refractivity contribution is 6.13. The van der Waals surface area contributed by atoms with E-state index in [0.29, 0.717) is 0 Å². The first-order valence-corrected chi connectivity index (χ1v) is 49.3. The topological polar surface area (TPSA) is 24.5 Å². The molecule has 143 heavy (non-hydrogen) atoms. The Morgan fingerprint density at radius 2 is 0.406 bits per heavy atom. The molecule has 0 saturated heterocycles. The van der Waals surface area contributed by atoms with Crippen molar-refractivity contribution in [3.8, 4) is 61.6 Å². The molecule has 27 aromatic rings. The van der Waals surface area contributed by atoms with Crippen LogP contribution in [0.15, 0.2) is 546 Å². The molecule has 0 spiro atoms. The van der Waals surface area contributed by atoms with Crippen LogP contribution >= 0.6 is 0 Å². The Kier molecular flexibility index (Phi) is 21.2. The average Bonchev–Trinajstić information content (AvgIpc) is 1.58. The molecule has 6 nitrogen and oxygen atoms in total. The highest BCUT2D eigenvalue weighted by Crippen LogP contribution is 2.53. The molecule has 0 fully saturated rings. The molecule has 1 aliphatic carbocycles. The van der Waals surface area contributed by atoms with Crippen LogP contribution < -0.4 is 14.7 Å². The van der Waals surface area contributed by atoms with E-state index in [9.17, 15) is 0 Å². The molecule has 1 aliphatic rings. The Morgan fingerprint density at radius 1 is 0.154 bits per heavy atom.